The highest BCUT2D eigenvalue weighted by molar-refractivity contribution is 5.88. The van der Waals surface area contributed by atoms with Crippen molar-refractivity contribution in [1.29, 1.82) is 0 Å². The van der Waals surface area contributed by atoms with E-state index >= 15 is 0 Å². The molecule has 1 aromatic rings. The van der Waals surface area contributed by atoms with Crippen LogP contribution in [-0.4, -0.2) is 18.1 Å². The first-order valence-electron chi connectivity index (χ1n) is 4.74. The molecule has 0 saturated carbocycles. The molecule has 0 fully saturated rings. The molecule has 0 atom stereocenters. The Balaban J connectivity index is 2.82. The fourth-order valence-electron chi connectivity index (χ4n) is 1.20. The predicted molar refractivity (Wildman–Crippen MR) is 57.5 cm³/mol. The number of nitrogens with one attached hydrogen (secondary N) is 2. The van der Waals surface area contributed by atoms with Crippen molar-refractivity contribution in [3.8, 4) is 0 Å². The van der Waals surface area contributed by atoms with E-state index in [4.69, 9.17) is 0 Å². The molecule has 1 rings (SSSR count). The number of carbonyl (C=O) groups is 1. The normalized spacial score (nSPS) is 9.80. The highest BCUT2D eigenvalue weighted by atomic mass is 16.6. The van der Waals surface area contributed by atoms with Gasteiger partial charge in [0, 0.05) is 5.69 Å². The molecule has 0 aliphatic carbocycles. The third-order valence-corrected chi connectivity index (χ3v) is 1.93. The van der Waals surface area contributed by atoms with E-state index in [0.29, 0.717) is 5.82 Å². The lowest BCUT2D eigenvalue weighted by Crippen LogP contribution is -2.28. The Morgan fingerprint density at radius 1 is 1.53 bits per heavy atom. The zero-order valence-corrected chi connectivity index (χ0v) is 9.13. The first-order valence-corrected chi connectivity index (χ1v) is 4.74. The van der Waals surface area contributed by atoms with Gasteiger partial charge >= 0.3 is 6.03 Å². The molecule has 82 valence electrons. The third-order valence-electron chi connectivity index (χ3n) is 1.93. The number of amides is 2. The SMILES string of the molecule is CCc1ccc(C)nc1NC(=O)NOC. The molecule has 0 unspecified atom stereocenters. The number of urea groups is 1. The summed E-state index contributed by atoms with van der Waals surface area (Å²) in [4.78, 5) is 19.9. The fourth-order valence-corrected chi connectivity index (χ4v) is 1.20. The standard InChI is InChI=1S/C10H15N3O2/c1-4-8-6-5-7(2)11-9(8)12-10(14)13-15-3/h5-6H,4H2,1-3H3,(H2,11,12,13,14). The van der Waals surface area contributed by atoms with Crippen LogP contribution in [0.5, 0.6) is 0 Å². The minimum absolute atomic E-state index is 0.426. The largest absolute Gasteiger partial charge is 0.344 e. The summed E-state index contributed by atoms with van der Waals surface area (Å²) >= 11 is 0. The van der Waals surface area contributed by atoms with Crippen LogP contribution in [0.2, 0.25) is 0 Å². The van der Waals surface area contributed by atoms with Gasteiger partial charge in [0.05, 0.1) is 7.11 Å². The zero-order valence-electron chi connectivity index (χ0n) is 9.13. The van der Waals surface area contributed by atoms with E-state index in [1.54, 1.807) is 0 Å². The van der Waals surface area contributed by atoms with E-state index < -0.39 is 6.03 Å². The van der Waals surface area contributed by atoms with Gasteiger partial charge in [-0.1, -0.05) is 13.0 Å². The number of aromatic nitrogens is 1. The number of aryl methyl sites for hydroxylation is 2. The topological polar surface area (TPSA) is 63.2 Å². The second kappa shape index (κ2) is 5.31. The number of nitrogens with zero attached hydrogens (tertiary/aromatic N) is 1. The Labute approximate surface area is 88.8 Å². The van der Waals surface area contributed by atoms with Crippen molar-refractivity contribution in [2.45, 2.75) is 20.3 Å². The average molecular weight is 209 g/mol. The van der Waals surface area contributed by atoms with Crippen molar-refractivity contribution in [2.24, 2.45) is 0 Å². The Kier molecular flexibility index (Phi) is 4.05. The summed E-state index contributed by atoms with van der Waals surface area (Å²) in [5.41, 5.74) is 4.03. The van der Waals surface area contributed by atoms with Gasteiger partial charge in [-0.15, -0.1) is 0 Å². The van der Waals surface area contributed by atoms with E-state index in [1.807, 2.05) is 26.0 Å². The van der Waals surface area contributed by atoms with Crippen molar-refractivity contribution in [1.82, 2.24) is 10.5 Å². The Hall–Kier alpha value is -1.62. The molecule has 0 aliphatic heterocycles. The third kappa shape index (κ3) is 3.21. The molecule has 0 spiro atoms. The predicted octanol–water partition coefficient (Wildman–Crippen LogP) is 1.64. The minimum atomic E-state index is -0.426. The molecule has 0 bridgehead atoms. The second-order valence-corrected chi connectivity index (χ2v) is 3.07. The number of carbonyl (C=O) groups excluding carboxylic acids is 1. The quantitative estimate of drug-likeness (QED) is 0.744. The second-order valence-electron chi connectivity index (χ2n) is 3.07. The first-order chi connectivity index (χ1) is 7.17. The average Bonchev–Trinajstić information content (AvgIpc) is 2.18. The molecule has 0 aliphatic rings. The molecule has 5 nitrogen and oxygen atoms in total. The number of hydroxylamine groups is 1. The van der Waals surface area contributed by atoms with Crippen LogP contribution in [0.15, 0.2) is 12.1 Å². The summed E-state index contributed by atoms with van der Waals surface area (Å²) in [5, 5.41) is 2.62. The molecular formula is C10H15N3O2. The fraction of sp³-hybridized carbons (Fsp3) is 0.400. The number of anilines is 1. The van der Waals surface area contributed by atoms with Crippen molar-refractivity contribution in [3.63, 3.8) is 0 Å². The lowest BCUT2D eigenvalue weighted by Gasteiger charge is -2.09. The smallest absolute Gasteiger partial charge is 0.290 e. The maximum absolute atomic E-state index is 11.2. The van der Waals surface area contributed by atoms with Gasteiger partial charge in [0.1, 0.15) is 5.82 Å². The van der Waals surface area contributed by atoms with E-state index in [2.05, 4.69) is 20.6 Å². The molecule has 1 aromatic heterocycles. The number of hydrogen-bond donors (Lipinski definition) is 2. The van der Waals surface area contributed by atoms with Gasteiger partial charge < -0.3 is 0 Å². The maximum Gasteiger partial charge on any atom is 0.344 e. The summed E-state index contributed by atoms with van der Waals surface area (Å²) < 4.78 is 0. The van der Waals surface area contributed by atoms with Gasteiger partial charge in [-0.05, 0) is 25.0 Å². The molecule has 0 aromatic carbocycles. The summed E-state index contributed by atoms with van der Waals surface area (Å²) in [6.45, 7) is 3.88. The van der Waals surface area contributed by atoms with Crippen LogP contribution >= 0.6 is 0 Å². The molecule has 5 heteroatoms. The van der Waals surface area contributed by atoms with Crippen LogP contribution in [-0.2, 0) is 11.3 Å². The molecule has 2 N–H and O–H groups in total. The zero-order chi connectivity index (χ0) is 11.3. The van der Waals surface area contributed by atoms with Crippen molar-refractivity contribution in [3.05, 3.63) is 23.4 Å². The number of pyridine rings is 1. The first kappa shape index (κ1) is 11.5. The molecule has 0 radical (unpaired) electrons. The summed E-state index contributed by atoms with van der Waals surface area (Å²) in [7, 11) is 1.38. The minimum Gasteiger partial charge on any atom is -0.290 e. The van der Waals surface area contributed by atoms with Crippen molar-refractivity contribution in [2.75, 3.05) is 12.4 Å². The summed E-state index contributed by atoms with van der Waals surface area (Å²) in [6.07, 6.45) is 0.815. The van der Waals surface area contributed by atoms with Gasteiger partial charge in [-0.3, -0.25) is 10.2 Å². The van der Waals surface area contributed by atoms with Crippen LogP contribution in [0.25, 0.3) is 0 Å². The molecule has 15 heavy (non-hydrogen) atoms. The highest BCUT2D eigenvalue weighted by Gasteiger charge is 2.06. The van der Waals surface area contributed by atoms with Gasteiger partial charge in [0.15, 0.2) is 0 Å². The molecule has 0 saturated heterocycles. The monoisotopic (exact) mass is 209 g/mol. The Bertz CT molecular complexity index is 353. The summed E-state index contributed by atoms with van der Waals surface area (Å²) in [5.74, 6) is 0.576. The highest BCUT2D eigenvalue weighted by Crippen LogP contribution is 2.13. The maximum atomic E-state index is 11.2. The van der Waals surface area contributed by atoms with Crippen LogP contribution in [0, 0.1) is 6.92 Å². The molecule has 2 amide bonds. The number of rotatable bonds is 3. The Morgan fingerprint density at radius 3 is 2.87 bits per heavy atom. The van der Waals surface area contributed by atoms with Gasteiger partial charge in [-0.25, -0.2) is 15.3 Å². The van der Waals surface area contributed by atoms with Crippen LogP contribution < -0.4 is 10.8 Å². The Morgan fingerprint density at radius 2 is 2.27 bits per heavy atom. The lowest BCUT2D eigenvalue weighted by atomic mass is 10.2. The summed E-state index contributed by atoms with van der Waals surface area (Å²) in [6, 6.07) is 3.44. The van der Waals surface area contributed by atoms with Gasteiger partial charge in [0.2, 0.25) is 0 Å². The van der Waals surface area contributed by atoms with E-state index in [1.165, 1.54) is 7.11 Å². The molecule has 1 heterocycles. The van der Waals surface area contributed by atoms with E-state index in [0.717, 1.165) is 17.7 Å². The molecular weight excluding hydrogens is 194 g/mol. The van der Waals surface area contributed by atoms with Crippen LogP contribution in [0.4, 0.5) is 10.6 Å². The van der Waals surface area contributed by atoms with Crippen molar-refractivity contribution < 1.29 is 9.63 Å². The number of hydrogen-bond acceptors (Lipinski definition) is 3. The van der Waals surface area contributed by atoms with E-state index in [9.17, 15) is 4.79 Å². The van der Waals surface area contributed by atoms with Gasteiger partial charge in [0.25, 0.3) is 0 Å². The van der Waals surface area contributed by atoms with Gasteiger partial charge in [-0.2, -0.15) is 0 Å². The lowest BCUT2D eigenvalue weighted by molar-refractivity contribution is 0.114. The van der Waals surface area contributed by atoms with Crippen LogP contribution in [0.3, 0.4) is 0 Å². The van der Waals surface area contributed by atoms with Crippen LogP contribution in [0.1, 0.15) is 18.2 Å². The van der Waals surface area contributed by atoms with E-state index in [-0.39, 0.29) is 0 Å². The van der Waals surface area contributed by atoms with Crippen molar-refractivity contribution >= 4 is 11.8 Å².